The molecule has 0 bridgehead atoms. The lowest BCUT2D eigenvalue weighted by molar-refractivity contribution is -0.138. The minimum atomic E-state index is 0.291. The van der Waals surface area contributed by atoms with E-state index in [1.54, 1.807) is 6.20 Å². The van der Waals surface area contributed by atoms with Gasteiger partial charge in [0, 0.05) is 31.5 Å². The lowest BCUT2D eigenvalue weighted by Crippen LogP contribution is -2.53. The number of nitrogens with zero attached hydrogens (tertiary/aromatic N) is 3. The topological polar surface area (TPSA) is 52.2 Å². The summed E-state index contributed by atoms with van der Waals surface area (Å²) in [4.78, 5) is 23.7. The van der Waals surface area contributed by atoms with Gasteiger partial charge in [-0.2, -0.15) is 0 Å². The Morgan fingerprint density at radius 1 is 1.33 bits per heavy atom. The predicted octanol–water partition coefficient (Wildman–Crippen LogP) is 0.996. The first kappa shape index (κ1) is 11.7. The first-order valence-electron chi connectivity index (χ1n) is 6.83. The summed E-state index contributed by atoms with van der Waals surface area (Å²) in [6, 6.07) is 0.517. The average molecular weight is 248 g/mol. The Labute approximate surface area is 107 Å². The van der Waals surface area contributed by atoms with Gasteiger partial charge in [-0.05, 0) is 12.8 Å². The second-order valence-corrected chi connectivity index (χ2v) is 5.27. The third-order valence-corrected chi connectivity index (χ3v) is 4.03. The van der Waals surface area contributed by atoms with Gasteiger partial charge in [0.25, 0.3) is 0 Å². The summed E-state index contributed by atoms with van der Waals surface area (Å²) in [6.45, 7) is 3.13. The van der Waals surface area contributed by atoms with Crippen molar-refractivity contribution in [2.24, 2.45) is 0 Å². The molecule has 1 aromatic rings. The van der Waals surface area contributed by atoms with Crippen molar-refractivity contribution >= 4 is 5.91 Å². The minimum Gasteiger partial charge on any atom is -0.348 e. The van der Waals surface area contributed by atoms with Gasteiger partial charge in [0.15, 0.2) is 0 Å². The van der Waals surface area contributed by atoms with Crippen LogP contribution in [-0.2, 0) is 11.3 Å². The highest BCUT2D eigenvalue weighted by atomic mass is 16.2. The zero-order valence-electron chi connectivity index (χ0n) is 10.6. The molecule has 1 N–H and O–H groups in total. The molecule has 18 heavy (non-hydrogen) atoms. The van der Waals surface area contributed by atoms with Gasteiger partial charge in [-0.1, -0.05) is 12.8 Å². The summed E-state index contributed by atoms with van der Waals surface area (Å²) in [5.74, 6) is 1.23. The molecule has 1 amide bonds. The molecule has 5 heteroatoms. The van der Waals surface area contributed by atoms with E-state index in [9.17, 15) is 4.79 Å². The molecule has 1 saturated heterocycles. The number of carbonyl (C=O) groups is 1. The van der Waals surface area contributed by atoms with Crippen molar-refractivity contribution in [1.82, 2.24) is 19.8 Å². The molecular formula is C13H20N4O. The molecule has 3 rings (SSSR count). The van der Waals surface area contributed by atoms with Crippen LogP contribution in [0, 0.1) is 0 Å². The number of piperazine rings is 1. The Morgan fingerprint density at radius 3 is 2.83 bits per heavy atom. The minimum absolute atomic E-state index is 0.291. The maximum absolute atomic E-state index is 12.2. The van der Waals surface area contributed by atoms with Gasteiger partial charge in [0.05, 0.1) is 13.1 Å². The Hall–Kier alpha value is -1.36. The van der Waals surface area contributed by atoms with Crippen molar-refractivity contribution in [3.05, 3.63) is 18.2 Å². The van der Waals surface area contributed by atoms with E-state index in [1.807, 2.05) is 6.20 Å². The predicted molar refractivity (Wildman–Crippen MR) is 67.8 cm³/mol. The van der Waals surface area contributed by atoms with Gasteiger partial charge in [-0.15, -0.1) is 0 Å². The highest BCUT2D eigenvalue weighted by molar-refractivity contribution is 5.79. The molecule has 0 aromatic carbocycles. The maximum Gasteiger partial charge on any atom is 0.237 e. The molecule has 2 fully saturated rings. The number of imidazole rings is 1. The third-order valence-electron chi connectivity index (χ3n) is 4.03. The van der Waals surface area contributed by atoms with Gasteiger partial charge in [-0.25, -0.2) is 4.98 Å². The summed E-state index contributed by atoms with van der Waals surface area (Å²) in [5.41, 5.74) is 0. The molecule has 98 valence electrons. The zero-order valence-corrected chi connectivity index (χ0v) is 10.6. The molecule has 0 unspecified atom stereocenters. The van der Waals surface area contributed by atoms with Crippen LogP contribution >= 0.6 is 0 Å². The molecule has 1 aliphatic heterocycles. The number of nitrogens with one attached hydrogen (secondary N) is 1. The van der Waals surface area contributed by atoms with E-state index in [0.29, 0.717) is 18.5 Å². The molecule has 0 radical (unpaired) electrons. The highest BCUT2D eigenvalue weighted by Crippen LogP contribution is 2.24. The van der Waals surface area contributed by atoms with Crippen molar-refractivity contribution in [2.75, 3.05) is 19.6 Å². The maximum atomic E-state index is 12.2. The van der Waals surface area contributed by atoms with Crippen LogP contribution in [0.5, 0.6) is 0 Å². The van der Waals surface area contributed by atoms with E-state index < -0.39 is 0 Å². The Kier molecular flexibility index (Phi) is 3.32. The lowest BCUT2D eigenvalue weighted by atomic mass is 10.1. The van der Waals surface area contributed by atoms with Gasteiger partial charge in [0.1, 0.15) is 5.82 Å². The SMILES string of the molecule is O=C1CN(Cc2ncc[nH]2)CCN1C1CCCC1. The molecule has 1 aromatic heterocycles. The van der Waals surface area contributed by atoms with Crippen molar-refractivity contribution in [3.8, 4) is 0 Å². The number of aromatic nitrogens is 2. The van der Waals surface area contributed by atoms with Crippen LogP contribution in [0.4, 0.5) is 0 Å². The second kappa shape index (κ2) is 5.10. The molecule has 2 aliphatic rings. The number of rotatable bonds is 3. The molecule has 1 saturated carbocycles. The first-order chi connectivity index (χ1) is 8.83. The van der Waals surface area contributed by atoms with Crippen molar-refractivity contribution in [3.63, 3.8) is 0 Å². The summed E-state index contributed by atoms with van der Waals surface area (Å²) in [5, 5.41) is 0. The average Bonchev–Trinajstić information content (AvgIpc) is 3.01. The Balaban J connectivity index is 1.56. The van der Waals surface area contributed by atoms with Gasteiger partial charge in [-0.3, -0.25) is 9.69 Å². The summed E-state index contributed by atoms with van der Waals surface area (Å²) in [6.07, 6.45) is 8.54. The monoisotopic (exact) mass is 248 g/mol. The van der Waals surface area contributed by atoms with Crippen molar-refractivity contribution in [2.45, 2.75) is 38.3 Å². The zero-order chi connectivity index (χ0) is 12.4. The highest BCUT2D eigenvalue weighted by Gasteiger charge is 2.31. The summed E-state index contributed by atoms with van der Waals surface area (Å²) in [7, 11) is 0. The Morgan fingerprint density at radius 2 is 2.17 bits per heavy atom. The first-order valence-corrected chi connectivity index (χ1v) is 6.83. The number of amides is 1. The van der Waals surface area contributed by atoms with E-state index in [4.69, 9.17) is 0 Å². The van der Waals surface area contributed by atoms with E-state index in [2.05, 4.69) is 19.8 Å². The number of hydrogen-bond donors (Lipinski definition) is 1. The normalized spacial score (nSPS) is 22.9. The molecule has 2 heterocycles. The number of H-pyrrole nitrogens is 1. The third kappa shape index (κ3) is 2.41. The van der Waals surface area contributed by atoms with Gasteiger partial charge < -0.3 is 9.88 Å². The lowest BCUT2D eigenvalue weighted by Gasteiger charge is -2.37. The van der Waals surface area contributed by atoms with Gasteiger partial charge in [0.2, 0.25) is 5.91 Å². The van der Waals surface area contributed by atoms with Gasteiger partial charge >= 0.3 is 0 Å². The fraction of sp³-hybridized carbons (Fsp3) is 0.692. The van der Waals surface area contributed by atoms with Crippen LogP contribution in [0.25, 0.3) is 0 Å². The van der Waals surface area contributed by atoms with E-state index >= 15 is 0 Å². The van der Waals surface area contributed by atoms with Crippen LogP contribution in [0.15, 0.2) is 12.4 Å². The fourth-order valence-corrected chi connectivity index (χ4v) is 3.07. The molecule has 1 aliphatic carbocycles. The van der Waals surface area contributed by atoms with Crippen molar-refractivity contribution in [1.29, 1.82) is 0 Å². The van der Waals surface area contributed by atoms with E-state index in [0.717, 1.165) is 25.5 Å². The van der Waals surface area contributed by atoms with Crippen LogP contribution in [0.3, 0.4) is 0 Å². The number of aromatic amines is 1. The van der Waals surface area contributed by atoms with Crippen LogP contribution in [0.2, 0.25) is 0 Å². The van der Waals surface area contributed by atoms with Crippen LogP contribution in [-0.4, -0.2) is 51.4 Å². The molecule has 5 nitrogen and oxygen atoms in total. The van der Waals surface area contributed by atoms with Crippen LogP contribution < -0.4 is 0 Å². The summed E-state index contributed by atoms with van der Waals surface area (Å²) < 4.78 is 0. The summed E-state index contributed by atoms with van der Waals surface area (Å²) >= 11 is 0. The van der Waals surface area contributed by atoms with E-state index in [1.165, 1.54) is 25.7 Å². The van der Waals surface area contributed by atoms with E-state index in [-0.39, 0.29) is 0 Å². The van der Waals surface area contributed by atoms with Crippen LogP contribution in [0.1, 0.15) is 31.5 Å². The molecule has 0 spiro atoms. The fourth-order valence-electron chi connectivity index (χ4n) is 3.07. The quantitative estimate of drug-likeness (QED) is 0.868. The smallest absolute Gasteiger partial charge is 0.237 e. The number of hydrogen-bond acceptors (Lipinski definition) is 3. The number of carbonyl (C=O) groups excluding carboxylic acids is 1. The van der Waals surface area contributed by atoms with Crippen molar-refractivity contribution < 1.29 is 4.79 Å². The molecular weight excluding hydrogens is 228 g/mol. The Bertz CT molecular complexity index is 397. The second-order valence-electron chi connectivity index (χ2n) is 5.27. The standard InChI is InChI=1S/C13H20N4O/c18-13-10-16(9-12-14-5-6-15-12)7-8-17(13)11-3-1-2-4-11/h5-6,11H,1-4,7-10H2,(H,14,15). The molecule has 0 atom stereocenters. The largest absolute Gasteiger partial charge is 0.348 e.